The number of ketones is 1. The van der Waals surface area contributed by atoms with Gasteiger partial charge in [0.2, 0.25) is 0 Å². The van der Waals surface area contributed by atoms with Crippen molar-refractivity contribution in [2.24, 2.45) is 0 Å². The zero-order valence-electron chi connectivity index (χ0n) is 19.2. The minimum absolute atomic E-state index is 0.00736. The van der Waals surface area contributed by atoms with Crippen molar-refractivity contribution in [3.63, 3.8) is 0 Å². The maximum absolute atomic E-state index is 11.4. The van der Waals surface area contributed by atoms with Gasteiger partial charge in [-0.05, 0) is 60.4 Å². The molecule has 0 saturated carbocycles. The molecule has 4 heteroatoms. The van der Waals surface area contributed by atoms with Gasteiger partial charge in [-0.3, -0.25) is 9.59 Å². The lowest BCUT2D eigenvalue weighted by Gasteiger charge is -2.09. The molecule has 0 aliphatic rings. The van der Waals surface area contributed by atoms with Crippen LogP contribution in [0.3, 0.4) is 0 Å². The number of carbonyl (C=O) groups is 2. The summed E-state index contributed by atoms with van der Waals surface area (Å²) in [7, 11) is 1.83. The molecule has 0 aliphatic heterocycles. The van der Waals surface area contributed by atoms with E-state index in [0.717, 1.165) is 33.5 Å². The zero-order chi connectivity index (χ0) is 24.2. The van der Waals surface area contributed by atoms with E-state index in [-0.39, 0.29) is 11.5 Å². The highest BCUT2D eigenvalue weighted by atomic mass is 16.3. The Bertz CT molecular complexity index is 1170. The largest absolute Gasteiger partial charge is 0.507 e. The summed E-state index contributed by atoms with van der Waals surface area (Å²) < 4.78 is 0. The smallest absolute Gasteiger partial charge is 0.161 e. The van der Waals surface area contributed by atoms with Crippen LogP contribution in [0.4, 0.5) is 5.69 Å². The first-order valence-corrected chi connectivity index (χ1v) is 10.5. The second-order valence-electron chi connectivity index (χ2n) is 7.29. The Morgan fingerprint density at radius 2 is 1.67 bits per heavy atom. The maximum Gasteiger partial charge on any atom is 0.161 e. The molecule has 0 amide bonds. The first-order valence-electron chi connectivity index (χ1n) is 10.5. The van der Waals surface area contributed by atoms with Crippen LogP contribution in [0.2, 0.25) is 0 Å². The second kappa shape index (κ2) is 12.6. The Morgan fingerprint density at radius 1 is 0.939 bits per heavy atom. The number of carbonyl (C=O) groups excluding carboxylic acids is 2. The lowest BCUT2D eigenvalue weighted by Crippen LogP contribution is -2.00. The first kappa shape index (κ1) is 25.1. The number of aromatic hydroxyl groups is 1. The lowest BCUT2D eigenvalue weighted by atomic mass is 10.0. The van der Waals surface area contributed by atoms with Crippen LogP contribution in [0, 0.1) is 0 Å². The summed E-state index contributed by atoms with van der Waals surface area (Å²) in [5, 5.41) is 12.6. The van der Waals surface area contributed by atoms with Crippen molar-refractivity contribution in [1.29, 1.82) is 0 Å². The van der Waals surface area contributed by atoms with Crippen LogP contribution in [0.5, 0.6) is 5.75 Å². The van der Waals surface area contributed by atoms with Crippen LogP contribution >= 0.6 is 0 Å². The van der Waals surface area contributed by atoms with Gasteiger partial charge in [-0.1, -0.05) is 73.3 Å². The highest BCUT2D eigenvalue weighted by Gasteiger charge is 2.07. The fourth-order valence-electron chi connectivity index (χ4n) is 3.13. The van der Waals surface area contributed by atoms with Gasteiger partial charge in [0, 0.05) is 18.3 Å². The predicted molar refractivity (Wildman–Crippen MR) is 138 cm³/mol. The maximum atomic E-state index is 11.4. The summed E-state index contributed by atoms with van der Waals surface area (Å²) >= 11 is 0. The molecule has 168 valence electrons. The average molecular weight is 440 g/mol. The number of allylic oxidation sites excluding steroid dienone is 5. The molecule has 3 aromatic rings. The average Bonchev–Trinajstić information content (AvgIpc) is 2.84. The van der Waals surface area contributed by atoms with E-state index in [4.69, 9.17) is 0 Å². The second-order valence-corrected chi connectivity index (χ2v) is 7.29. The Labute approximate surface area is 195 Å². The third kappa shape index (κ3) is 7.18. The number of phenols is 1. The van der Waals surface area contributed by atoms with Gasteiger partial charge in [-0.25, -0.2) is 0 Å². The Kier molecular flexibility index (Phi) is 9.59. The van der Waals surface area contributed by atoms with Gasteiger partial charge >= 0.3 is 0 Å². The van der Waals surface area contributed by atoms with Gasteiger partial charge in [-0.15, -0.1) is 0 Å². The van der Waals surface area contributed by atoms with E-state index in [9.17, 15) is 14.7 Å². The zero-order valence-corrected chi connectivity index (χ0v) is 19.2. The molecule has 0 spiro atoms. The van der Waals surface area contributed by atoms with Crippen molar-refractivity contribution >= 4 is 23.3 Å². The Balaban J connectivity index is 0.000000234. The molecular weight excluding hydrogens is 410 g/mol. The minimum Gasteiger partial charge on any atom is -0.507 e. The van der Waals surface area contributed by atoms with Gasteiger partial charge in [0.1, 0.15) is 5.75 Å². The number of anilines is 1. The van der Waals surface area contributed by atoms with E-state index in [1.54, 1.807) is 31.2 Å². The normalized spacial score (nSPS) is 10.8. The lowest BCUT2D eigenvalue weighted by molar-refractivity contribution is 0.101. The summed E-state index contributed by atoms with van der Waals surface area (Å²) in [6.07, 6.45) is 7.93. The van der Waals surface area contributed by atoms with E-state index in [1.807, 2.05) is 68.6 Å². The van der Waals surface area contributed by atoms with Crippen molar-refractivity contribution in [2.75, 3.05) is 12.4 Å². The summed E-state index contributed by atoms with van der Waals surface area (Å²) in [6.45, 7) is 7.09. The highest BCUT2D eigenvalue weighted by molar-refractivity contribution is 6.00. The molecule has 0 fully saturated rings. The summed E-state index contributed by atoms with van der Waals surface area (Å²) in [6, 6.07) is 21.0. The van der Waals surface area contributed by atoms with Crippen LogP contribution in [-0.4, -0.2) is 24.2 Å². The van der Waals surface area contributed by atoms with Crippen molar-refractivity contribution < 1.29 is 14.7 Å². The topological polar surface area (TPSA) is 66.4 Å². The fourth-order valence-corrected chi connectivity index (χ4v) is 3.13. The standard InChI is InChI=1S/C15H15NO.C14H14O2/c1-11(17)14-9-8-13(10-15(14)16-2)12-6-4-3-5-7-12;1-3-4-5-6-11(2)12-7-8-13(10-15)14(16)9-12/h3-10,16H,1-2H3;3-10,16H,1H2,2H3/b;5-4-,11-6+. The highest BCUT2D eigenvalue weighted by Crippen LogP contribution is 2.26. The number of Topliss-reactive ketones (excluding diaryl/α,β-unsaturated/α-hetero) is 1. The molecule has 0 aromatic heterocycles. The summed E-state index contributed by atoms with van der Waals surface area (Å²) in [5.41, 5.74) is 6.06. The monoisotopic (exact) mass is 439 g/mol. The molecule has 3 aromatic carbocycles. The van der Waals surface area contributed by atoms with Gasteiger partial charge in [0.25, 0.3) is 0 Å². The van der Waals surface area contributed by atoms with Gasteiger partial charge < -0.3 is 10.4 Å². The predicted octanol–water partition coefficient (Wildman–Crippen LogP) is 6.95. The van der Waals surface area contributed by atoms with Crippen molar-refractivity contribution in [3.05, 3.63) is 114 Å². The molecule has 0 radical (unpaired) electrons. The van der Waals surface area contributed by atoms with E-state index < -0.39 is 0 Å². The minimum atomic E-state index is 0.00736. The number of benzene rings is 3. The number of hydrogen-bond donors (Lipinski definition) is 2. The fraction of sp³-hybridized carbons (Fsp3) is 0.103. The number of nitrogens with one attached hydrogen (secondary N) is 1. The molecular formula is C29H29NO3. The molecule has 0 bridgehead atoms. The molecule has 4 nitrogen and oxygen atoms in total. The van der Waals surface area contributed by atoms with Crippen LogP contribution in [0.1, 0.15) is 40.1 Å². The number of hydrogen-bond acceptors (Lipinski definition) is 4. The third-order valence-electron chi connectivity index (χ3n) is 4.98. The third-order valence-corrected chi connectivity index (χ3v) is 4.98. The van der Waals surface area contributed by atoms with Crippen LogP contribution < -0.4 is 5.32 Å². The van der Waals surface area contributed by atoms with E-state index >= 15 is 0 Å². The van der Waals surface area contributed by atoms with Crippen LogP contribution in [-0.2, 0) is 0 Å². The van der Waals surface area contributed by atoms with E-state index in [2.05, 4.69) is 24.0 Å². The van der Waals surface area contributed by atoms with E-state index in [1.165, 1.54) is 0 Å². The first-order chi connectivity index (χ1) is 15.9. The van der Waals surface area contributed by atoms with Crippen molar-refractivity contribution in [1.82, 2.24) is 0 Å². The summed E-state index contributed by atoms with van der Waals surface area (Å²) in [4.78, 5) is 22.0. The SMILES string of the molecule is C=C/C=C\C=C(/C)c1ccc(C=O)c(O)c1.CNc1cc(-c2ccccc2)ccc1C(C)=O. The molecule has 3 rings (SSSR count). The molecule has 0 unspecified atom stereocenters. The molecule has 0 aliphatic carbocycles. The Morgan fingerprint density at radius 3 is 2.24 bits per heavy atom. The number of phenolic OH excluding ortho intramolecular Hbond substituents is 1. The molecule has 0 saturated heterocycles. The van der Waals surface area contributed by atoms with Crippen LogP contribution in [0.15, 0.2) is 97.6 Å². The number of rotatable bonds is 7. The van der Waals surface area contributed by atoms with Gasteiger partial charge in [0.05, 0.1) is 5.56 Å². The quantitative estimate of drug-likeness (QED) is 0.237. The van der Waals surface area contributed by atoms with Gasteiger partial charge in [0.15, 0.2) is 12.1 Å². The van der Waals surface area contributed by atoms with Crippen LogP contribution in [0.25, 0.3) is 16.7 Å². The molecule has 33 heavy (non-hydrogen) atoms. The molecule has 0 heterocycles. The summed E-state index contributed by atoms with van der Waals surface area (Å²) in [5.74, 6) is 0.0851. The molecule has 0 atom stereocenters. The van der Waals surface area contributed by atoms with Gasteiger partial charge in [-0.2, -0.15) is 0 Å². The van der Waals surface area contributed by atoms with E-state index in [0.29, 0.717) is 11.8 Å². The number of aldehydes is 1. The molecule has 2 N–H and O–H groups in total. The Hall–Kier alpha value is -4.18. The van der Waals surface area contributed by atoms with Crippen molar-refractivity contribution in [3.8, 4) is 16.9 Å². The van der Waals surface area contributed by atoms with Crippen molar-refractivity contribution in [2.45, 2.75) is 13.8 Å².